The first-order valence-corrected chi connectivity index (χ1v) is 9.13. The van der Waals surface area contributed by atoms with E-state index in [1.807, 2.05) is 33.6 Å². The molecule has 0 fully saturated rings. The number of benzene rings is 2. The smallest absolute Gasteiger partial charge is 0.324 e. The molecule has 0 bridgehead atoms. The van der Waals surface area contributed by atoms with Gasteiger partial charge in [0, 0.05) is 5.02 Å². The Morgan fingerprint density at radius 2 is 1.88 bits per heavy atom. The Morgan fingerprint density at radius 3 is 2.60 bits per heavy atom. The Bertz CT molecular complexity index is 945. The predicted octanol–water partition coefficient (Wildman–Crippen LogP) is 4.61. The molecule has 0 aliphatic carbocycles. The molecule has 2 aromatic carbocycles. The molecule has 4 nitrogen and oxygen atoms in total. The molecule has 1 aliphatic rings. The largest absolute Gasteiger partial charge is 0.491 e. The van der Waals surface area contributed by atoms with Crippen molar-refractivity contribution in [2.45, 2.75) is 19.8 Å². The highest BCUT2D eigenvalue weighted by atomic mass is 35.5. The van der Waals surface area contributed by atoms with E-state index in [-0.39, 0.29) is 0 Å². The highest BCUT2D eigenvalue weighted by Crippen LogP contribution is 2.32. The summed E-state index contributed by atoms with van der Waals surface area (Å²) in [4.78, 5) is 4.80. The molecule has 0 N–H and O–H groups in total. The van der Waals surface area contributed by atoms with E-state index in [1.54, 1.807) is 12.1 Å². The molecule has 128 valence electrons. The molecular weight excluding hydrogens is 381 g/mol. The summed E-state index contributed by atoms with van der Waals surface area (Å²) in [5.41, 5.74) is 1.57. The van der Waals surface area contributed by atoms with Crippen molar-refractivity contribution in [1.29, 1.82) is 0 Å². The lowest BCUT2D eigenvalue weighted by atomic mass is 10.3. The zero-order valence-electron chi connectivity index (χ0n) is 13.5. The summed E-state index contributed by atoms with van der Waals surface area (Å²) >= 11 is 19.1. The van der Waals surface area contributed by atoms with E-state index in [4.69, 9.17) is 44.5 Å². The van der Waals surface area contributed by atoms with Gasteiger partial charge in [-0.2, -0.15) is 0 Å². The van der Waals surface area contributed by atoms with Crippen molar-refractivity contribution in [3.63, 3.8) is 0 Å². The minimum Gasteiger partial charge on any atom is -0.491 e. The molecular formula is C18H15Cl3N3O+. The van der Waals surface area contributed by atoms with Gasteiger partial charge in [0.1, 0.15) is 11.4 Å². The number of rotatable bonds is 2. The van der Waals surface area contributed by atoms with Gasteiger partial charge in [-0.15, -0.1) is 9.36 Å². The Hall–Kier alpha value is -1.75. The Labute approximate surface area is 160 Å². The van der Waals surface area contributed by atoms with E-state index >= 15 is 0 Å². The van der Waals surface area contributed by atoms with Crippen LogP contribution in [0.4, 0.5) is 0 Å². The Morgan fingerprint density at radius 1 is 1.16 bits per heavy atom. The van der Waals surface area contributed by atoms with Crippen LogP contribution in [0.25, 0.3) is 11.4 Å². The number of ether oxygens (including phenoxy) is 1. The SMILES string of the molecule is CCc1nc2n([n+]1-c1c(Cl)cc(Cl)cc1Cl)-c1ccccc1OCC2. The van der Waals surface area contributed by atoms with Crippen LogP contribution in [0.5, 0.6) is 5.75 Å². The third-order valence-corrected chi connectivity index (χ3v) is 4.93. The van der Waals surface area contributed by atoms with Crippen LogP contribution in [-0.4, -0.2) is 16.3 Å². The third kappa shape index (κ3) is 2.78. The zero-order chi connectivity index (χ0) is 17.6. The zero-order valence-corrected chi connectivity index (χ0v) is 15.7. The van der Waals surface area contributed by atoms with E-state index in [2.05, 4.69) is 6.92 Å². The summed E-state index contributed by atoms with van der Waals surface area (Å²) in [5.74, 6) is 2.58. The molecule has 0 saturated carbocycles. The van der Waals surface area contributed by atoms with E-state index in [9.17, 15) is 0 Å². The Balaban J connectivity index is 2.08. The number of nitrogens with zero attached hydrogens (tertiary/aromatic N) is 3. The van der Waals surface area contributed by atoms with Crippen molar-refractivity contribution >= 4 is 34.8 Å². The molecule has 1 aliphatic heterocycles. The van der Waals surface area contributed by atoms with E-state index in [1.165, 1.54) is 0 Å². The summed E-state index contributed by atoms with van der Waals surface area (Å²) in [6, 6.07) is 11.3. The van der Waals surface area contributed by atoms with Crippen LogP contribution in [0.2, 0.25) is 15.1 Å². The molecule has 0 spiro atoms. The summed E-state index contributed by atoms with van der Waals surface area (Å²) < 4.78 is 9.86. The topological polar surface area (TPSA) is 30.9 Å². The van der Waals surface area contributed by atoms with Crippen LogP contribution in [0.15, 0.2) is 36.4 Å². The van der Waals surface area contributed by atoms with Crippen LogP contribution < -0.4 is 9.42 Å². The van der Waals surface area contributed by atoms with Crippen molar-refractivity contribution in [1.82, 2.24) is 9.67 Å². The molecule has 2 heterocycles. The number of aryl methyl sites for hydroxylation is 1. The number of aromatic nitrogens is 3. The van der Waals surface area contributed by atoms with Gasteiger partial charge < -0.3 is 4.74 Å². The molecule has 25 heavy (non-hydrogen) atoms. The minimum absolute atomic E-state index is 0.475. The molecule has 7 heteroatoms. The Kier molecular flexibility index (Phi) is 4.36. The van der Waals surface area contributed by atoms with E-state index < -0.39 is 0 Å². The van der Waals surface area contributed by atoms with Gasteiger partial charge in [0.05, 0.1) is 29.5 Å². The summed E-state index contributed by atoms with van der Waals surface area (Å²) in [6.45, 7) is 2.62. The second-order valence-corrected chi connectivity index (χ2v) is 6.96. The van der Waals surface area contributed by atoms with Gasteiger partial charge >= 0.3 is 5.82 Å². The van der Waals surface area contributed by atoms with Crippen LogP contribution >= 0.6 is 34.8 Å². The normalized spacial score (nSPS) is 13.0. The molecule has 0 radical (unpaired) electrons. The monoisotopic (exact) mass is 394 g/mol. The van der Waals surface area contributed by atoms with Gasteiger partial charge in [-0.1, -0.05) is 53.9 Å². The maximum absolute atomic E-state index is 6.50. The standard InChI is InChI=1S/C18H15Cl3N3O/c1-2-16-22-17-7-8-25-15-6-4-3-5-14(15)23(17)24(16)18-12(20)9-11(19)10-13(18)21/h3-6,9-10H,2,7-8H2,1H3/q+1. The number of fused-ring (bicyclic) bond motifs is 3. The molecule has 1 aromatic heterocycles. The molecule has 0 saturated heterocycles. The number of halogens is 3. The lowest BCUT2D eigenvalue weighted by Crippen LogP contribution is -2.44. The maximum atomic E-state index is 6.50. The fraction of sp³-hybridized carbons (Fsp3) is 0.222. The first kappa shape index (κ1) is 16.7. The van der Waals surface area contributed by atoms with Gasteiger partial charge in [0.15, 0.2) is 5.69 Å². The molecule has 4 rings (SSSR count). The lowest BCUT2D eigenvalue weighted by Gasteiger charge is -2.12. The quantitative estimate of drug-likeness (QED) is 0.593. The number of hydrogen-bond donors (Lipinski definition) is 0. The molecule has 0 unspecified atom stereocenters. The average Bonchev–Trinajstić information content (AvgIpc) is 2.82. The van der Waals surface area contributed by atoms with E-state index in [0.717, 1.165) is 29.5 Å². The van der Waals surface area contributed by atoms with Crippen molar-refractivity contribution in [3.8, 4) is 17.1 Å². The van der Waals surface area contributed by atoms with Gasteiger partial charge in [-0.3, -0.25) is 0 Å². The number of para-hydroxylation sites is 2. The van der Waals surface area contributed by atoms with Crippen LogP contribution in [-0.2, 0) is 12.8 Å². The van der Waals surface area contributed by atoms with Crippen LogP contribution in [0.3, 0.4) is 0 Å². The summed E-state index contributed by atoms with van der Waals surface area (Å²) in [6.07, 6.45) is 1.43. The van der Waals surface area contributed by atoms with Gasteiger partial charge in [-0.05, 0) is 29.2 Å². The number of hydrogen-bond acceptors (Lipinski definition) is 2. The average molecular weight is 396 g/mol. The fourth-order valence-electron chi connectivity index (χ4n) is 3.08. The second kappa shape index (κ2) is 6.52. The van der Waals surface area contributed by atoms with E-state index in [0.29, 0.717) is 33.8 Å². The van der Waals surface area contributed by atoms with Crippen molar-refractivity contribution < 1.29 is 9.42 Å². The predicted molar refractivity (Wildman–Crippen MR) is 98.7 cm³/mol. The fourth-order valence-corrected chi connectivity index (χ4v) is 4.06. The van der Waals surface area contributed by atoms with Gasteiger partial charge in [0.2, 0.25) is 0 Å². The highest BCUT2D eigenvalue weighted by molar-refractivity contribution is 6.40. The molecule has 0 atom stereocenters. The van der Waals surface area contributed by atoms with Gasteiger partial charge in [-0.25, -0.2) is 0 Å². The van der Waals surface area contributed by atoms with Crippen molar-refractivity contribution in [2.24, 2.45) is 0 Å². The minimum atomic E-state index is 0.475. The van der Waals surface area contributed by atoms with Gasteiger partial charge in [0.25, 0.3) is 5.82 Å². The van der Waals surface area contributed by atoms with Crippen LogP contribution in [0, 0.1) is 0 Å². The summed E-state index contributed by atoms with van der Waals surface area (Å²) in [5, 5.41) is 1.45. The first-order chi connectivity index (χ1) is 12.1. The maximum Gasteiger partial charge on any atom is 0.324 e. The molecule has 3 aromatic rings. The second-order valence-electron chi connectivity index (χ2n) is 5.71. The van der Waals surface area contributed by atoms with Crippen molar-refractivity contribution in [3.05, 3.63) is 63.1 Å². The van der Waals surface area contributed by atoms with Crippen LogP contribution in [0.1, 0.15) is 18.6 Å². The first-order valence-electron chi connectivity index (χ1n) is 8.00. The summed E-state index contributed by atoms with van der Waals surface area (Å²) in [7, 11) is 0. The van der Waals surface area contributed by atoms with Crippen molar-refractivity contribution in [2.75, 3.05) is 6.61 Å². The highest BCUT2D eigenvalue weighted by Gasteiger charge is 2.33. The third-order valence-electron chi connectivity index (χ3n) is 4.13. The lowest BCUT2D eigenvalue weighted by molar-refractivity contribution is -0.683. The molecule has 0 amide bonds.